The summed E-state index contributed by atoms with van der Waals surface area (Å²) in [5.41, 5.74) is 9.44. The fraction of sp³-hybridized carbons (Fsp3) is 0.462. The van der Waals surface area contributed by atoms with Crippen LogP contribution in [0.25, 0.3) is 0 Å². The Morgan fingerprint density at radius 3 is 3.00 bits per heavy atom. The third-order valence-electron chi connectivity index (χ3n) is 3.32. The van der Waals surface area contributed by atoms with E-state index in [2.05, 4.69) is 5.32 Å². The second-order valence-corrected chi connectivity index (χ2v) is 4.35. The third-order valence-corrected chi connectivity index (χ3v) is 3.32. The van der Waals surface area contributed by atoms with Gasteiger partial charge in [0.15, 0.2) is 0 Å². The van der Waals surface area contributed by atoms with Crippen LogP contribution in [0.15, 0.2) is 12.1 Å². The number of benzene rings is 1. The van der Waals surface area contributed by atoms with E-state index >= 15 is 0 Å². The SMILES string of the molecule is Cc1c(C(CN)NCCO)ccc2c1COC2=O. The number of esters is 1. The Morgan fingerprint density at radius 2 is 2.33 bits per heavy atom. The van der Waals surface area contributed by atoms with E-state index in [4.69, 9.17) is 15.6 Å². The van der Waals surface area contributed by atoms with Crippen molar-refractivity contribution in [3.05, 3.63) is 34.4 Å². The molecule has 1 aromatic carbocycles. The Hall–Kier alpha value is -1.43. The highest BCUT2D eigenvalue weighted by Crippen LogP contribution is 2.28. The van der Waals surface area contributed by atoms with E-state index < -0.39 is 0 Å². The number of hydrogen-bond donors (Lipinski definition) is 3. The van der Waals surface area contributed by atoms with Gasteiger partial charge in [-0.1, -0.05) is 6.07 Å². The minimum atomic E-state index is -0.257. The van der Waals surface area contributed by atoms with E-state index in [1.54, 1.807) is 6.07 Å². The van der Waals surface area contributed by atoms with Gasteiger partial charge in [0.25, 0.3) is 0 Å². The number of fused-ring (bicyclic) bond motifs is 1. The molecule has 0 fully saturated rings. The molecule has 1 atom stereocenters. The van der Waals surface area contributed by atoms with E-state index in [0.29, 0.717) is 25.3 Å². The van der Waals surface area contributed by atoms with Crippen molar-refractivity contribution in [1.82, 2.24) is 5.32 Å². The highest BCUT2D eigenvalue weighted by Gasteiger charge is 2.25. The van der Waals surface area contributed by atoms with Crippen molar-refractivity contribution in [3.63, 3.8) is 0 Å². The third kappa shape index (κ3) is 2.25. The van der Waals surface area contributed by atoms with Crippen molar-refractivity contribution in [2.75, 3.05) is 19.7 Å². The molecule has 0 spiro atoms. The lowest BCUT2D eigenvalue weighted by atomic mass is 9.94. The van der Waals surface area contributed by atoms with Crippen LogP contribution in [0.5, 0.6) is 0 Å². The van der Waals surface area contributed by atoms with Crippen LogP contribution in [0.3, 0.4) is 0 Å². The van der Waals surface area contributed by atoms with Crippen LogP contribution in [0.1, 0.15) is 33.1 Å². The number of nitrogens with two attached hydrogens (primary N) is 1. The second kappa shape index (κ2) is 5.48. The lowest BCUT2D eigenvalue weighted by Crippen LogP contribution is -2.31. The number of carbonyl (C=O) groups is 1. The molecule has 2 rings (SSSR count). The first-order valence-corrected chi connectivity index (χ1v) is 6.02. The minimum Gasteiger partial charge on any atom is -0.457 e. The fourth-order valence-corrected chi connectivity index (χ4v) is 2.30. The van der Waals surface area contributed by atoms with Gasteiger partial charge in [0.2, 0.25) is 0 Å². The standard InChI is InChI=1S/C13H18N2O3/c1-8-9(12(6-14)15-4-5-16)2-3-10-11(8)7-18-13(10)17/h2-3,12,15-16H,4-7,14H2,1H3. The maximum Gasteiger partial charge on any atom is 0.338 e. The van der Waals surface area contributed by atoms with Gasteiger partial charge in [-0.05, 0) is 24.1 Å². The van der Waals surface area contributed by atoms with Crippen molar-refractivity contribution in [3.8, 4) is 0 Å². The molecule has 0 aliphatic carbocycles. The summed E-state index contributed by atoms with van der Waals surface area (Å²) in [5, 5.41) is 12.0. The molecule has 0 aromatic heterocycles. The summed E-state index contributed by atoms with van der Waals surface area (Å²) in [6.07, 6.45) is 0. The van der Waals surface area contributed by atoms with E-state index in [1.165, 1.54) is 0 Å². The average Bonchev–Trinajstić information content (AvgIpc) is 2.75. The molecule has 1 heterocycles. The summed E-state index contributed by atoms with van der Waals surface area (Å²) in [6.45, 7) is 3.31. The van der Waals surface area contributed by atoms with Gasteiger partial charge in [-0.3, -0.25) is 0 Å². The predicted molar refractivity (Wildman–Crippen MR) is 67.2 cm³/mol. The van der Waals surface area contributed by atoms with Crippen molar-refractivity contribution in [1.29, 1.82) is 0 Å². The molecule has 4 N–H and O–H groups in total. The number of ether oxygens (including phenoxy) is 1. The van der Waals surface area contributed by atoms with Gasteiger partial charge in [0.1, 0.15) is 6.61 Å². The second-order valence-electron chi connectivity index (χ2n) is 4.35. The molecule has 5 heteroatoms. The molecule has 5 nitrogen and oxygen atoms in total. The summed E-state index contributed by atoms with van der Waals surface area (Å²) in [7, 11) is 0. The van der Waals surface area contributed by atoms with Crippen molar-refractivity contribution in [2.24, 2.45) is 5.73 Å². The van der Waals surface area contributed by atoms with Crippen LogP contribution in [-0.4, -0.2) is 30.8 Å². The van der Waals surface area contributed by atoms with Crippen molar-refractivity contribution in [2.45, 2.75) is 19.6 Å². The first-order chi connectivity index (χ1) is 8.69. The Bertz CT molecular complexity index is 460. The van der Waals surface area contributed by atoms with E-state index in [1.807, 2.05) is 13.0 Å². The van der Waals surface area contributed by atoms with Gasteiger partial charge in [0, 0.05) is 24.7 Å². The lowest BCUT2D eigenvalue weighted by molar-refractivity contribution is 0.0535. The quantitative estimate of drug-likeness (QED) is 0.652. The van der Waals surface area contributed by atoms with Crippen molar-refractivity contribution < 1.29 is 14.6 Å². The van der Waals surface area contributed by atoms with Crippen LogP contribution >= 0.6 is 0 Å². The smallest absolute Gasteiger partial charge is 0.338 e. The van der Waals surface area contributed by atoms with Crippen LogP contribution in [0.2, 0.25) is 0 Å². The maximum absolute atomic E-state index is 11.4. The summed E-state index contributed by atoms with van der Waals surface area (Å²) in [5.74, 6) is -0.257. The molecular formula is C13H18N2O3. The van der Waals surface area contributed by atoms with Gasteiger partial charge < -0.3 is 20.9 Å². The molecule has 98 valence electrons. The first kappa shape index (κ1) is 13.0. The zero-order chi connectivity index (χ0) is 13.1. The zero-order valence-electron chi connectivity index (χ0n) is 10.4. The highest BCUT2D eigenvalue weighted by molar-refractivity contribution is 5.93. The number of aliphatic hydroxyl groups is 1. The van der Waals surface area contributed by atoms with Gasteiger partial charge >= 0.3 is 5.97 Å². The molecule has 1 aliphatic heterocycles. The first-order valence-electron chi connectivity index (χ1n) is 6.02. The molecule has 18 heavy (non-hydrogen) atoms. The number of cyclic esters (lactones) is 1. The number of rotatable bonds is 5. The summed E-state index contributed by atoms with van der Waals surface area (Å²) < 4.78 is 5.02. The van der Waals surface area contributed by atoms with E-state index in [-0.39, 0.29) is 18.6 Å². The topological polar surface area (TPSA) is 84.6 Å². The number of carbonyl (C=O) groups excluding carboxylic acids is 1. The average molecular weight is 250 g/mol. The molecule has 1 aromatic rings. The molecule has 1 aliphatic rings. The molecular weight excluding hydrogens is 232 g/mol. The molecule has 0 radical (unpaired) electrons. The molecule has 1 unspecified atom stereocenters. The monoisotopic (exact) mass is 250 g/mol. The van der Waals surface area contributed by atoms with Crippen LogP contribution in [0, 0.1) is 6.92 Å². The maximum atomic E-state index is 11.4. The van der Waals surface area contributed by atoms with Gasteiger partial charge in [-0.25, -0.2) is 4.79 Å². The molecule has 0 saturated carbocycles. The zero-order valence-corrected chi connectivity index (χ0v) is 10.4. The van der Waals surface area contributed by atoms with Gasteiger partial charge in [-0.15, -0.1) is 0 Å². The Kier molecular flexibility index (Phi) is 3.96. The summed E-state index contributed by atoms with van der Waals surface area (Å²) >= 11 is 0. The van der Waals surface area contributed by atoms with E-state index in [9.17, 15) is 4.79 Å². The molecule has 0 amide bonds. The van der Waals surface area contributed by atoms with E-state index in [0.717, 1.165) is 16.7 Å². The Labute approximate surface area is 106 Å². The number of aliphatic hydroxyl groups excluding tert-OH is 1. The predicted octanol–water partition coefficient (Wildman–Crippen LogP) is 0.247. The minimum absolute atomic E-state index is 0.0156. The molecule has 0 saturated heterocycles. The fourth-order valence-electron chi connectivity index (χ4n) is 2.30. The largest absolute Gasteiger partial charge is 0.457 e. The summed E-state index contributed by atoms with van der Waals surface area (Å²) in [6, 6.07) is 3.68. The molecule has 0 bridgehead atoms. The summed E-state index contributed by atoms with van der Waals surface area (Å²) in [4.78, 5) is 11.4. The van der Waals surface area contributed by atoms with Crippen molar-refractivity contribution >= 4 is 5.97 Å². The van der Waals surface area contributed by atoms with Crippen LogP contribution in [-0.2, 0) is 11.3 Å². The van der Waals surface area contributed by atoms with Crippen LogP contribution in [0.4, 0.5) is 0 Å². The highest BCUT2D eigenvalue weighted by atomic mass is 16.5. The number of nitrogens with one attached hydrogen (secondary N) is 1. The lowest BCUT2D eigenvalue weighted by Gasteiger charge is -2.20. The number of hydrogen-bond acceptors (Lipinski definition) is 5. The Balaban J connectivity index is 2.31. The Morgan fingerprint density at radius 1 is 1.56 bits per heavy atom. The van der Waals surface area contributed by atoms with Gasteiger partial charge in [0.05, 0.1) is 12.2 Å². The van der Waals surface area contributed by atoms with Gasteiger partial charge in [-0.2, -0.15) is 0 Å². The normalized spacial score (nSPS) is 15.4. The van der Waals surface area contributed by atoms with Crippen LogP contribution < -0.4 is 11.1 Å².